The van der Waals surface area contributed by atoms with Crippen LogP contribution in [0.3, 0.4) is 0 Å². The van der Waals surface area contributed by atoms with E-state index in [0.717, 1.165) is 88.6 Å². The molecule has 0 aliphatic heterocycles. The van der Waals surface area contributed by atoms with Crippen molar-refractivity contribution in [3.05, 3.63) is 53.4 Å². The third kappa shape index (κ3) is 38.4. The fourth-order valence-corrected chi connectivity index (χ4v) is 7.74. The molecule has 346 valence electrons. The quantitative estimate of drug-likeness (QED) is 0.0691. The number of thiophene rings is 3. The molecule has 3 aromatic heterocycles. The number of aliphatic hydroxyl groups excluding tert-OH is 1. The number of halogens is 3. The van der Waals surface area contributed by atoms with Crippen LogP contribution in [0.4, 0.5) is 0 Å². The summed E-state index contributed by atoms with van der Waals surface area (Å²) in [5.41, 5.74) is 3.84. The molecule has 3 aromatic rings. The third-order valence-electron chi connectivity index (χ3n) is 8.75. The fraction of sp³-hybridized carbons (Fsp3) is 0.711. The smallest absolute Gasteiger partial charge is 0.132 e. The van der Waals surface area contributed by atoms with Crippen molar-refractivity contribution in [2.45, 2.75) is 125 Å². The molecule has 0 fully saturated rings. The molecule has 0 radical (unpaired) electrons. The summed E-state index contributed by atoms with van der Waals surface area (Å²) >= 11 is 11.7. The number of alkyl halides is 1. The van der Waals surface area contributed by atoms with E-state index < -0.39 is 0 Å². The van der Waals surface area contributed by atoms with Crippen molar-refractivity contribution in [2.75, 3.05) is 90.6 Å². The maximum atomic E-state index is 8.48. The molecule has 0 aliphatic carbocycles. The summed E-state index contributed by atoms with van der Waals surface area (Å²) in [4.78, 5) is 4.72. The Morgan fingerprint density at radius 1 is 0.655 bits per heavy atom. The second-order valence-electron chi connectivity index (χ2n) is 12.3. The van der Waals surface area contributed by atoms with Gasteiger partial charge in [0.15, 0.2) is 0 Å². The third-order valence-corrected chi connectivity index (χ3v) is 12.5. The van der Waals surface area contributed by atoms with Crippen LogP contribution < -0.4 is 26.5 Å². The van der Waals surface area contributed by atoms with E-state index in [-0.39, 0.29) is 39.3 Å². The van der Waals surface area contributed by atoms with Crippen LogP contribution in [0.1, 0.15) is 121 Å². The average Bonchev–Trinajstić information content (AvgIpc) is 3.91. The monoisotopic (exact) mass is 1070 g/mol. The van der Waals surface area contributed by atoms with Gasteiger partial charge in [-0.2, -0.15) is 16.6 Å². The maximum Gasteiger partial charge on any atom is 0.132 e. The summed E-state index contributed by atoms with van der Waals surface area (Å²) in [6.45, 7) is 38.8. The lowest BCUT2D eigenvalue weighted by Crippen LogP contribution is -3.00. The molecule has 0 bridgehead atoms. The van der Waals surface area contributed by atoms with Crippen LogP contribution in [0.5, 0.6) is 11.5 Å². The summed E-state index contributed by atoms with van der Waals surface area (Å²) in [6.07, 6.45) is 3.16. The number of aliphatic hydroxyl groups is 1. The summed E-state index contributed by atoms with van der Waals surface area (Å²) in [6, 6.07) is 1.75. The molecule has 13 heteroatoms. The second kappa shape index (κ2) is 50.8. The Kier molecular flexibility index (Phi) is 63.0. The lowest BCUT2D eigenvalue weighted by Gasteiger charge is -2.35. The van der Waals surface area contributed by atoms with Gasteiger partial charge in [0, 0.05) is 70.1 Å². The summed E-state index contributed by atoms with van der Waals surface area (Å²) in [7, 11) is 0. The molecule has 58 heavy (non-hydrogen) atoms. The number of aryl methyl sites for hydroxylation is 3. The van der Waals surface area contributed by atoms with Gasteiger partial charge in [0.25, 0.3) is 0 Å². The lowest BCUT2D eigenvalue weighted by atomic mass is 10.3. The molecule has 3 rings (SSSR count). The number of nitrogens with zero attached hydrogens (tertiary/aromatic N) is 4. The van der Waals surface area contributed by atoms with Crippen LogP contribution in [-0.4, -0.2) is 110 Å². The summed E-state index contributed by atoms with van der Waals surface area (Å²) in [5, 5.41) is 29.5. The highest BCUT2D eigenvalue weighted by Crippen LogP contribution is 2.23. The van der Waals surface area contributed by atoms with Gasteiger partial charge in [-0.1, -0.05) is 72.8 Å². The van der Waals surface area contributed by atoms with Gasteiger partial charge < -0.3 is 45.8 Å². The molecule has 0 aliphatic rings. The molecule has 0 atom stereocenters. The Bertz CT molecular complexity index is 1220. The van der Waals surface area contributed by atoms with E-state index in [1.807, 2.05) is 6.92 Å². The largest absolute Gasteiger partial charge is 1.00 e. The van der Waals surface area contributed by atoms with Crippen LogP contribution in [0.2, 0.25) is 0 Å². The minimum absolute atomic E-state index is 0. The van der Waals surface area contributed by atoms with Crippen LogP contribution >= 0.6 is 65.9 Å². The SMILES string of the molecule is C.C.C.CC#N.CCBr.CCN(CC)CCCO.CCN(CC)CCCOc1cscc1C.CC[N+](CC)(CC)CCCOc1cscc1C.Cc1cscc1Br.[Br-]. The second-order valence-corrected chi connectivity index (χ2v) is 16.5. The van der Waals surface area contributed by atoms with Gasteiger partial charge in [-0.25, -0.2) is 0 Å². The van der Waals surface area contributed by atoms with Crippen LogP contribution in [0.15, 0.2) is 36.8 Å². The minimum Gasteiger partial charge on any atom is -1.00 e. The number of nitriles is 1. The molecular formula is C45H89Br3N4O3S3. The molecular weight excluding hydrogens is 980 g/mol. The number of rotatable bonds is 20. The lowest BCUT2D eigenvalue weighted by molar-refractivity contribution is -0.923. The van der Waals surface area contributed by atoms with Gasteiger partial charge in [0.05, 0.1) is 45.5 Å². The first-order valence-electron chi connectivity index (χ1n) is 19.7. The molecule has 0 aromatic carbocycles. The van der Waals surface area contributed by atoms with Crippen molar-refractivity contribution in [1.82, 2.24) is 9.80 Å². The van der Waals surface area contributed by atoms with Crippen molar-refractivity contribution < 1.29 is 36.0 Å². The first kappa shape index (κ1) is 71.9. The van der Waals surface area contributed by atoms with Gasteiger partial charge in [-0.05, 0) is 118 Å². The van der Waals surface area contributed by atoms with E-state index >= 15 is 0 Å². The Morgan fingerprint density at radius 3 is 1.26 bits per heavy atom. The molecule has 0 unspecified atom stereocenters. The highest BCUT2D eigenvalue weighted by atomic mass is 79.9. The Morgan fingerprint density at radius 2 is 1.00 bits per heavy atom. The normalized spacial score (nSPS) is 9.52. The van der Waals surface area contributed by atoms with E-state index in [2.05, 4.69) is 143 Å². The van der Waals surface area contributed by atoms with Gasteiger partial charge in [-0.15, -0.1) is 22.7 Å². The van der Waals surface area contributed by atoms with Crippen molar-refractivity contribution in [3.8, 4) is 17.6 Å². The molecule has 7 nitrogen and oxygen atoms in total. The molecule has 1 N–H and O–H groups in total. The standard InChI is InChI=1S/C14H26NOS.C12H21NOS.C7H17NO.C5H5BrS.C2H5Br.C2H3N.3CH4.BrH/c1-5-15(6-2,7-3)9-8-10-16-14-12-17-11-13(14)4;1-4-13(5-2)7-6-8-14-12-10-15-9-11(12)3;1-3-8(4-2)6-5-7-9;1-4-2-7-3-5(4)6;2*1-2-3;;;;/h11-12H,5-10H2,1-4H3;9-10H,4-8H2,1-3H3;9H,3-7H2,1-2H3;2-3H,1H3;2H2,1H3;1H3;3*1H4;1H/q+1;;;;;;;;;/p-1. The van der Waals surface area contributed by atoms with Crippen LogP contribution in [-0.2, 0) is 0 Å². The molecule has 0 spiro atoms. The van der Waals surface area contributed by atoms with E-state index in [1.54, 1.807) is 40.1 Å². The predicted molar refractivity (Wildman–Crippen MR) is 270 cm³/mol. The van der Waals surface area contributed by atoms with E-state index in [0.29, 0.717) is 6.61 Å². The number of quaternary nitrogens is 1. The van der Waals surface area contributed by atoms with Crippen LogP contribution in [0.25, 0.3) is 0 Å². The van der Waals surface area contributed by atoms with Crippen molar-refractivity contribution in [2.24, 2.45) is 0 Å². The highest BCUT2D eigenvalue weighted by molar-refractivity contribution is 9.10. The Balaban J connectivity index is -0.000000116. The van der Waals surface area contributed by atoms with Crippen molar-refractivity contribution >= 4 is 65.9 Å². The average molecular weight is 1070 g/mol. The number of hydrogen-bond donors (Lipinski definition) is 1. The van der Waals surface area contributed by atoms with E-state index in [4.69, 9.17) is 19.8 Å². The van der Waals surface area contributed by atoms with Gasteiger partial charge in [-0.3, -0.25) is 0 Å². The highest BCUT2D eigenvalue weighted by Gasteiger charge is 2.19. The van der Waals surface area contributed by atoms with Gasteiger partial charge >= 0.3 is 0 Å². The minimum atomic E-state index is 0. The predicted octanol–water partition coefficient (Wildman–Crippen LogP) is 11.2. The Labute approximate surface area is 400 Å². The number of ether oxygens (including phenoxy) is 2. The zero-order chi connectivity index (χ0) is 41.6. The topological polar surface area (TPSA) is 69.0 Å². The first-order valence-corrected chi connectivity index (χ1v) is 24.4. The molecule has 0 saturated carbocycles. The Hall–Kier alpha value is -0.530. The van der Waals surface area contributed by atoms with Crippen molar-refractivity contribution in [3.63, 3.8) is 0 Å². The zero-order valence-corrected chi connectivity index (χ0v) is 43.6. The zero-order valence-electron chi connectivity index (χ0n) is 36.4. The summed E-state index contributed by atoms with van der Waals surface area (Å²) in [5.74, 6) is 2.12. The van der Waals surface area contributed by atoms with E-state index in [1.165, 1.54) is 58.7 Å². The molecule has 0 saturated heterocycles. The van der Waals surface area contributed by atoms with Crippen molar-refractivity contribution in [1.29, 1.82) is 5.26 Å². The van der Waals surface area contributed by atoms with Gasteiger partial charge in [0.2, 0.25) is 0 Å². The first-order chi connectivity index (χ1) is 25.9. The molecule has 3 heterocycles. The van der Waals surface area contributed by atoms with Crippen LogP contribution in [0, 0.1) is 32.1 Å². The summed E-state index contributed by atoms with van der Waals surface area (Å²) < 4.78 is 13.9. The van der Waals surface area contributed by atoms with Gasteiger partial charge in [0.1, 0.15) is 11.5 Å². The number of hydrogen-bond acceptors (Lipinski definition) is 9. The maximum absolute atomic E-state index is 8.48. The molecule has 0 amide bonds. The fourth-order valence-electron chi connectivity index (χ4n) is 4.91. The van der Waals surface area contributed by atoms with E-state index in [9.17, 15) is 0 Å².